The Balaban J connectivity index is 1.62. The molecule has 0 spiro atoms. The van der Waals surface area contributed by atoms with Crippen LogP contribution in [0.2, 0.25) is 0 Å². The third-order valence-electron chi connectivity index (χ3n) is 5.89. The minimum atomic E-state index is -4.56. The third kappa shape index (κ3) is 5.76. The Morgan fingerprint density at radius 1 is 1.14 bits per heavy atom. The van der Waals surface area contributed by atoms with E-state index in [1.54, 1.807) is 30.5 Å². The van der Waals surface area contributed by atoms with Crippen molar-refractivity contribution in [2.75, 3.05) is 13.2 Å². The lowest BCUT2D eigenvalue weighted by molar-refractivity contribution is -0.138. The molecule has 0 saturated heterocycles. The van der Waals surface area contributed by atoms with Crippen molar-refractivity contribution in [3.63, 3.8) is 0 Å². The van der Waals surface area contributed by atoms with E-state index >= 15 is 0 Å². The molecule has 1 unspecified atom stereocenters. The van der Waals surface area contributed by atoms with Crippen molar-refractivity contribution in [2.45, 2.75) is 44.9 Å². The molecule has 1 aliphatic rings. The van der Waals surface area contributed by atoms with Gasteiger partial charge in [-0.1, -0.05) is 25.1 Å². The predicted octanol–water partition coefficient (Wildman–Crippen LogP) is 4.81. The van der Waals surface area contributed by atoms with Crippen molar-refractivity contribution in [1.29, 1.82) is 0 Å². The van der Waals surface area contributed by atoms with Gasteiger partial charge in [-0.25, -0.2) is 4.99 Å². The number of nitrogens with one attached hydrogen (secondary N) is 1. The number of hydrogen-bond donors (Lipinski definition) is 2. The van der Waals surface area contributed by atoms with Gasteiger partial charge in [0.1, 0.15) is 6.61 Å². The van der Waals surface area contributed by atoms with Gasteiger partial charge in [0.15, 0.2) is 11.5 Å². The maximum Gasteiger partial charge on any atom is 0.416 e. The van der Waals surface area contributed by atoms with Crippen LogP contribution in [0.3, 0.4) is 0 Å². The number of aliphatic hydroxyl groups excluding tert-OH is 1. The smallest absolute Gasteiger partial charge is 0.416 e. The second-order valence-corrected chi connectivity index (χ2v) is 8.45. The lowest BCUT2D eigenvalue weighted by atomic mass is 9.89. The summed E-state index contributed by atoms with van der Waals surface area (Å²) < 4.78 is 52.7. The molecule has 0 fully saturated rings. The number of carbonyl (C=O) groups excluding carboxylic acids is 1. The van der Waals surface area contributed by atoms with E-state index in [-0.39, 0.29) is 43.4 Å². The predicted molar refractivity (Wildman–Crippen MR) is 126 cm³/mol. The molecule has 2 aromatic carbocycles. The molecule has 10 heteroatoms. The summed E-state index contributed by atoms with van der Waals surface area (Å²) in [5, 5.41) is 16.0. The third-order valence-corrected chi connectivity index (χ3v) is 5.89. The van der Waals surface area contributed by atoms with Crippen LogP contribution in [0.1, 0.15) is 59.2 Å². The lowest BCUT2D eigenvalue weighted by Crippen LogP contribution is -2.12. The van der Waals surface area contributed by atoms with E-state index in [1.807, 2.05) is 6.92 Å². The summed E-state index contributed by atoms with van der Waals surface area (Å²) in [6.07, 6.45) is -0.456. The Kier molecular flexibility index (Phi) is 7.73. The molecule has 7 nitrogen and oxygen atoms in total. The Labute approximate surface area is 206 Å². The number of fused-ring (bicyclic) bond motifs is 1. The number of nitrogens with zero attached hydrogens (tertiary/aromatic N) is 2. The zero-order valence-electron chi connectivity index (χ0n) is 19.6. The van der Waals surface area contributed by atoms with Gasteiger partial charge in [0, 0.05) is 30.1 Å². The number of carbonyl (C=O) groups is 1. The summed E-state index contributed by atoms with van der Waals surface area (Å²) in [4.78, 5) is 16.1. The molecule has 2 heterocycles. The second-order valence-electron chi connectivity index (χ2n) is 8.45. The summed E-state index contributed by atoms with van der Waals surface area (Å²) >= 11 is 0. The Morgan fingerprint density at radius 3 is 2.72 bits per heavy atom. The van der Waals surface area contributed by atoms with Gasteiger partial charge in [0.05, 0.1) is 30.3 Å². The first-order valence-electron chi connectivity index (χ1n) is 11.6. The summed E-state index contributed by atoms with van der Waals surface area (Å²) in [6.45, 7) is 1.76. The molecule has 0 saturated carbocycles. The van der Waals surface area contributed by atoms with Crippen LogP contribution in [0, 0.1) is 0 Å². The van der Waals surface area contributed by atoms with Crippen molar-refractivity contribution in [2.24, 2.45) is 4.99 Å². The number of benzene rings is 2. The maximum atomic E-state index is 13.7. The van der Waals surface area contributed by atoms with Gasteiger partial charge in [-0.05, 0) is 42.2 Å². The number of H-pyrrole nitrogens is 1. The number of aromatic amines is 1. The average Bonchev–Trinajstić information content (AvgIpc) is 3.26. The highest BCUT2D eigenvalue weighted by Crippen LogP contribution is 2.38. The number of aliphatic imine (C=N–C) groups is 1. The number of halogens is 3. The fraction of sp³-hybridized carbons (Fsp3) is 0.346. The zero-order valence-corrected chi connectivity index (χ0v) is 19.6. The van der Waals surface area contributed by atoms with Crippen molar-refractivity contribution in [3.05, 3.63) is 76.1 Å². The topological polar surface area (TPSA) is 96.8 Å². The standard InChI is InChI=1S/C26H26F3N3O4/c1-2-9-35-24-11-17(19-12-25(34)30-14-22-20(19)13-31-32-22)5-6-23(24)36-15-18-4-3-16(7-8-33)10-21(18)26(27,28)29/h3-6,10-11,13-14,19,33H,2,7-9,12,15H2,1H3,(H,31,32). The number of aliphatic hydroxyl groups is 1. The van der Waals surface area contributed by atoms with Gasteiger partial charge in [-0.3, -0.25) is 9.89 Å². The molecule has 36 heavy (non-hydrogen) atoms. The van der Waals surface area contributed by atoms with Crippen LogP contribution >= 0.6 is 0 Å². The minimum Gasteiger partial charge on any atom is -0.490 e. The molecule has 4 rings (SSSR count). The van der Waals surface area contributed by atoms with Crippen LogP contribution in [0.4, 0.5) is 13.2 Å². The first-order valence-corrected chi connectivity index (χ1v) is 11.6. The fourth-order valence-corrected chi connectivity index (χ4v) is 4.10. The van der Waals surface area contributed by atoms with E-state index in [0.29, 0.717) is 29.4 Å². The lowest BCUT2D eigenvalue weighted by Gasteiger charge is -2.19. The van der Waals surface area contributed by atoms with Crippen molar-refractivity contribution >= 4 is 12.1 Å². The largest absolute Gasteiger partial charge is 0.490 e. The number of ether oxygens (including phenoxy) is 2. The number of amides is 1. The molecule has 190 valence electrons. The van der Waals surface area contributed by atoms with Gasteiger partial charge >= 0.3 is 6.18 Å². The molecule has 1 aromatic heterocycles. The van der Waals surface area contributed by atoms with Crippen LogP contribution < -0.4 is 9.47 Å². The van der Waals surface area contributed by atoms with Gasteiger partial charge in [-0.2, -0.15) is 18.3 Å². The highest BCUT2D eigenvalue weighted by molar-refractivity contribution is 5.94. The van der Waals surface area contributed by atoms with Gasteiger partial charge in [-0.15, -0.1) is 0 Å². The molecule has 0 bridgehead atoms. The number of alkyl halides is 3. The average molecular weight is 502 g/mol. The SMILES string of the molecule is CCCOc1cc(C2CC(=O)N=Cc3[nH]ncc32)ccc1OCc1ccc(CCO)cc1C(F)(F)F. The Bertz CT molecular complexity index is 1250. The molecular formula is C26H26F3N3O4. The van der Waals surface area contributed by atoms with E-state index in [1.165, 1.54) is 12.3 Å². The quantitative estimate of drug-likeness (QED) is 0.439. The van der Waals surface area contributed by atoms with Crippen molar-refractivity contribution < 1.29 is 32.5 Å². The monoisotopic (exact) mass is 501 g/mol. The highest BCUT2D eigenvalue weighted by atomic mass is 19.4. The first-order chi connectivity index (χ1) is 17.3. The highest BCUT2D eigenvalue weighted by Gasteiger charge is 2.34. The summed E-state index contributed by atoms with van der Waals surface area (Å²) in [5.74, 6) is 0.0822. The van der Waals surface area contributed by atoms with E-state index < -0.39 is 11.7 Å². The summed E-state index contributed by atoms with van der Waals surface area (Å²) in [6, 6.07) is 9.12. The van der Waals surface area contributed by atoms with E-state index in [9.17, 15) is 18.0 Å². The van der Waals surface area contributed by atoms with Crippen molar-refractivity contribution in [1.82, 2.24) is 10.2 Å². The van der Waals surface area contributed by atoms with Crippen LogP contribution in [0.15, 0.2) is 47.6 Å². The van der Waals surface area contributed by atoms with Crippen LogP contribution in [-0.4, -0.2) is 40.6 Å². The van der Waals surface area contributed by atoms with E-state index in [0.717, 1.165) is 23.6 Å². The van der Waals surface area contributed by atoms with Crippen LogP contribution in [0.5, 0.6) is 11.5 Å². The normalized spacial score (nSPS) is 15.5. The second kappa shape index (κ2) is 10.9. The van der Waals surface area contributed by atoms with Gasteiger partial charge in [0.25, 0.3) is 0 Å². The van der Waals surface area contributed by atoms with Crippen molar-refractivity contribution in [3.8, 4) is 11.5 Å². The molecule has 0 aliphatic carbocycles. The Morgan fingerprint density at radius 2 is 1.97 bits per heavy atom. The zero-order chi connectivity index (χ0) is 25.7. The van der Waals surface area contributed by atoms with Crippen LogP contribution in [-0.2, 0) is 24.0 Å². The molecule has 1 aliphatic heterocycles. The number of hydrogen-bond acceptors (Lipinski definition) is 5. The molecule has 3 aromatic rings. The molecule has 0 radical (unpaired) electrons. The molecular weight excluding hydrogens is 475 g/mol. The van der Waals surface area contributed by atoms with E-state index in [4.69, 9.17) is 14.6 Å². The number of rotatable bonds is 9. The fourth-order valence-electron chi connectivity index (χ4n) is 4.10. The minimum absolute atomic E-state index is 0.0238. The summed E-state index contributed by atoms with van der Waals surface area (Å²) in [5.41, 5.74) is 1.81. The Hall–Kier alpha value is -3.66. The van der Waals surface area contributed by atoms with Gasteiger partial charge < -0.3 is 14.6 Å². The maximum absolute atomic E-state index is 13.7. The van der Waals surface area contributed by atoms with Gasteiger partial charge in [0.2, 0.25) is 5.91 Å². The first kappa shape index (κ1) is 25.4. The molecule has 2 N–H and O–H groups in total. The molecule has 1 atom stereocenters. The summed E-state index contributed by atoms with van der Waals surface area (Å²) in [7, 11) is 0. The van der Waals surface area contributed by atoms with E-state index in [2.05, 4.69) is 15.2 Å². The number of aromatic nitrogens is 2. The molecule has 1 amide bonds. The van der Waals surface area contributed by atoms with Crippen LogP contribution in [0.25, 0.3) is 0 Å².